The van der Waals surface area contributed by atoms with Crippen LogP contribution in [-0.2, 0) is 11.3 Å². The zero-order valence-corrected chi connectivity index (χ0v) is 15.7. The molecular formula is C20H23N5O2. The summed E-state index contributed by atoms with van der Waals surface area (Å²) in [7, 11) is 0. The Kier molecular flexibility index (Phi) is 4.75. The molecule has 27 heavy (non-hydrogen) atoms. The van der Waals surface area contributed by atoms with Crippen molar-refractivity contribution in [1.29, 1.82) is 0 Å². The first-order valence-corrected chi connectivity index (χ1v) is 9.35. The number of hydrogen-bond acceptors (Lipinski definition) is 6. The zero-order valence-electron chi connectivity index (χ0n) is 15.7. The molecule has 1 saturated heterocycles. The second-order valence-corrected chi connectivity index (χ2v) is 6.57. The fourth-order valence-corrected chi connectivity index (χ4v) is 3.53. The molecule has 4 rings (SSSR count). The number of carbonyl (C=O) groups excluding carboxylic acids is 1. The van der Waals surface area contributed by atoms with Gasteiger partial charge in [0, 0.05) is 31.3 Å². The largest absolute Gasteiger partial charge is 0.494 e. The number of aliphatic imine (C=N–C) groups is 1. The van der Waals surface area contributed by atoms with E-state index in [4.69, 9.17) is 4.74 Å². The molecule has 2 aromatic rings. The van der Waals surface area contributed by atoms with Gasteiger partial charge in [-0.2, -0.15) is 0 Å². The van der Waals surface area contributed by atoms with Crippen molar-refractivity contribution in [3.05, 3.63) is 47.4 Å². The lowest BCUT2D eigenvalue weighted by atomic mass is 10.0. The van der Waals surface area contributed by atoms with Crippen molar-refractivity contribution < 1.29 is 9.53 Å². The average molecular weight is 365 g/mol. The Morgan fingerprint density at radius 2 is 2.04 bits per heavy atom. The van der Waals surface area contributed by atoms with Gasteiger partial charge in [-0.05, 0) is 31.5 Å². The first kappa shape index (κ1) is 17.5. The summed E-state index contributed by atoms with van der Waals surface area (Å²) in [6.45, 7) is 7.83. The van der Waals surface area contributed by atoms with E-state index >= 15 is 0 Å². The van der Waals surface area contributed by atoms with Gasteiger partial charge in [-0.15, -0.1) is 0 Å². The Morgan fingerprint density at radius 3 is 2.81 bits per heavy atom. The van der Waals surface area contributed by atoms with E-state index in [1.54, 1.807) is 6.33 Å². The quantitative estimate of drug-likeness (QED) is 0.809. The van der Waals surface area contributed by atoms with Crippen molar-refractivity contribution in [3.63, 3.8) is 0 Å². The number of hydrogen-bond donors (Lipinski definition) is 0. The van der Waals surface area contributed by atoms with Gasteiger partial charge in [0.25, 0.3) is 0 Å². The van der Waals surface area contributed by atoms with Gasteiger partial charge in [0.1, 0.15) is 17.9 Å². The summed E-state index contributed by atoms with van der Waals surface area (Å²) < 4.78 is 5.63. The van der Waals surface area contributed by atoms with Crippen LogP contribution >= 0.6 is 0 Å². The highest BCUT2D eigenvalue weighted by atomic mass is 16.5. The smallest absolute Gasteiger partial charge is 0.242 e. The fraction of sp³-hybridized carbons (Fsp3) is 0.400. The van der Waals surface area contributed by atoms with Crippen LogP contribution in [0.4, 0.5) is 5.82 Å². The minimum absolute atomic E-state index is 0.133. The summed E-state index contributed by atoms with van der Waals surface area (Å²) in [5, 5.41) is 0. The SMILES string of the molecule is CCOc1ccc2c(c1)C(c1cc(N3CCN(CC)C(=O)C3)ncn1)=NC2. The lowest BCUT2D eigenvalue weighted by Crippen LogP contribution is -2.50. The van der Waals surface area contributed by atoms with Crippen molar-refractivity contribution in [2.75, 3.05) is 37.7 Å². The van der Waals surface area contributed by atoms with Crippen LogP contribution in [0.2, 0.25) is 0 Å². The van der Waals surface area contributed by atoms with Gasteiger partial charge in [0.05, 0.1) is 31.1 Å². The number of benzene rings is 1. The summed E-state index contributed by atoms with van der Waals surface area (Å²) in [5.74, 6) is 1.73. The lowest BCUT2D eigenvalue weighted by molar-refractivity contribution is -0.130. The van der Waals surface area contributed by atoms with Crippen molar-refractivity contribution >= 4 is 17.4 Å². The van der Waals surface area contributed by atoms with Gasteiger partial charge in [-0.3, -0.25) is 9.79 Å². The molecule has 2 aliphatic rings. The Hall–Kier alpha value is -2.96. The van der Waals surface area contributed by atoms with E-state index in [-0.39, 0.29) is 5.91 Å². The summed E-state index contributed by atoms with van der Waals surface area (Å²) in [5.41, 5.74) is 3.85. The van der Waals surface area contributed by atoms with Crippen LogP contribution in [0.3, 0.4) is 0 Å². The molecule has 0 aliphatic carbocycles. The third-order valence-electron chi connectivity index (χ3n) is 4.97. The van der Waals surface area contributed by atoms with E-state index in [2.05, 4.69) is 21.0 Å². The van der Waals surface area contributed by atoms with Crippen molar-refractivity contribution in [2.24, 2.45) is 4.99 Å². The molecule has 1 fully saturated rings. The number of likely N-dealkylation sites (N-methyl/N-ethyl adjacent to an activating group) is 1. The molecule has 7 nitrogen and oxygen atoms in total. The average Bonchev–Trinajstić information content (AvgIpc) is 3.11. The standard InChI is InChI=1S/C20H23N5O2/c1-3-24-7-8-25(12-19(24)26)18-10-17(22-13-23-18)20-16-9-15(27-4-2)6-5-14(16)11-21-20/h5-6,9-10,13H,3-4,7-8,11-12H2,1-2H3. The Balaban J connectivity index is 1.60. The van der Waals surface area contributed by atoms with Crippen LogP contribution in [0.15, 0.2) is 35.6 Å². The molecule has 0 N–H and O–H groups in total. The van der Waals surface area contributed by atoms with Crippen molar-refractivity contribution in [2.45, 2.75) is 20.4 Å². The lowest BCUT2D eigenvalue weighted by Gasteiger charge is -2.34. The minimum Gasteiger partial charge on any atom is -0.494 e. The van der Waals surface area contributed by atoms with E-state index < -0.39 is 0 Å². The van der Waals surface area contributed by atoms with E-state index in [1.165, 1.54) is 5.56 Å². The molecule has 1 amide bonds. The molecule has 0 unspecified atom stereocenters. The number of carbonyl (C=O) groups is 1. The predicted octanol–water partition coefficient (Wildman–Crippen LogP) is 1.89. The third-order valence-corrected chi connectivity index (χ3v) is 4.97. The van der Waals surface area contributed by atoms with Gasteiger partial charge < -0.3 is 14.5 Å². The molecule has 1 aromatic carbocycles. The van der Waals surface area contributed by atoms with Gasteiger partial charge in [0.15, 0.2) is 0 Å². The first-order chi connectivity index (χ1) is 13.2. The number of anilines is 1. The maximum atomic E-state index is 12.2. The molecule has 7 heteroatoms. The van der Waals surface area contributed by atoms with Crippen LogP contribution in [0.5, 0.6) is 5.75 Å². The van der Waals surface area contributed by atoms with Crippen LogP contribution in [0.1, 0.15) is 30.7 Å². The number of rotatable bonds is 5. The van der Waals surface area contributed by atoms with E-state index in [9.17, 15) is 4.79 Å². The number of fused-ring (bicyclic) bond motifs is 1. The Morgan fingerprint density at radius 1 is 1.15 bits per heavy atom. The number of nitrogens with zero attached hydrogens (tertiary/aromatic N) is 5. The molecule has 0 bridgehead atoms. The van der Waals surface area contributed by atoms with Crippen molar-refractivity contribution in [3.8, 4) is 5.75 Å². The van der Waals surface area contributed by atoms with Gasteiger partial charge in [-0.1, -0.05) is 6.07 Å². The molecule has 0 saturated carbocycles. The number of piperazine rings is 1. The second-order valence-electron chi connectivity index (χ2n) is 6.57. The normalized spacial score (nSPS) is 16.4. The van der Waals surface area contributed by atoms with Crippen LogP contribution < -0.4 is 9.64 Å². The predicted molar refractivity (Wildman–Crippen MR) is 103 cm³/mol. The van der Waals surface area contributed by atoms with Crippen LogP contribution in [-0.4, -0.2) is 59.3 Å². The molecule has 1 aromatic heterocycles. The fourth-order valence-electron chi connectivity index (χ4n) is 3.53. The Labute approximate surface area is 158 Å². The molecular weight excluding hydrogens is 342 g/mol. The summed E-state index contributed by atoms with van der Waals surface area (Å²) in [6, 6.07) is 7.98. The number of amides is 1. The summed E-state index contributed by atoms with van der Waals surface area (Å²) >= 11 is 0. The molecule has 2 aliphatic heterocycles. The van der Waals surface area contributed by atoms with Crippen LogP contribution in [0.25, 0.3) is 0 Å². The molecule has 0 atom stereocenters. The van der Waals surface area contributed by atoms with Gasteiger partial charge in [-0.25, -0.2) is 9.97 Å². The third kappa shape index (κ3) is 3.37. The van der Waals surface area contributed by atoms with Gasteiger partial charge in [0.2, 0.25) is 5.91 Å². The number of aromatic nitrogens is 2. The first-order valence-electron chi connectivity index (χ1n) is 9.35. The van der Waals surface area contributed by atoms with Gasteiger partial charge >= 0.3 is 0 Å². The topological polar surface area (TPSA) is 70.9 Å². The van der Waals surface area contributed by atoms with E-state index in [0.29, 0.717) is 19.7 Å². The highest BCUT2D eigenvalue weighted by Crippen LogP contribution is 2.27. The summed E-state index contributed by atoms with van der Waals surface area (Å²) in [4.78, 5) is 29.6. The van der Waals surface area contributed by atoms with E-state index in [0.717, 1.165) is 48.2 Å². The molecule has 0 spiro atoms. The zero-order chi connectivity index (χ0) is 18.8. The maximum absolute atomic E-state index is 12.2. The maximum Gasteiger partial charge on any atom is 0.242 e. The summed E-state index contributed by atoms with van der Waals surface area (Å²) in [6.07, 6.45) is 1.55. The Bertz CT molecular complexity index is 896. The molecule has 0 radical (unpaired) electrons. The molecule has 3 heterocycles. The van der Waals surface area contributed by atoms with Crippen LogP contribution in [0, 0.1) is 0 Å². The highest BCUT2D eigenvalue weighted by molar-refractivity contribution is 6.14. The highest BCUT2D eigenvalue weighted by Gasteiger charge is 2.25. The van der Waals surface area contributed by atoms with E-state index in [1.807, 2.05) is 41.8 Å². The minimum atomic E-state index is 0.133. The number of ether oxygens (including phenoxy) is 1. The second kappa shape index (κ2) is 7.34. The monoisotopic (exact) mass is 365 g/mol. The molecule has 140 valence electrons. The van der Waals surface area contributed by atoms with Crippen molar-refractivity contribution in [1.82, 2.24) is 14.9 Å².